The molecule has 1 fully saturated rings. The molecule has 9 nitrogen and oxygen atoms in total. The molecule has 1 amide bonds. The van der Waals surface area contributed by atoms with Crippen LogP contribution in [0.4, 0.5) is 10.2 Å². The summed E-state index contributed by atoms with van der Waals surface area (Å²) in [6.45, 7) is 10.4. The van der Waals surface area contributed by atoms with E-state index in [0.717, 1.165) is 31.9 Å². The average Bonchev–Trinajstić information content (AvgIpc) is 3.14. The van der Waals surface area contributed by atoms with E-state index in [1.807, 2.05) is 25.2 Å². The molecule has 0 spiro atoms. The van der Waals surface area contributed by atoms with Crippen molar-refractivity contribution in [3.63, 3.8) is 0 Å². The van der Waals surface area contributed by atoms with Gasteiger partial charge in [0.25, 0.3) is 5.91 Å². The third-order valence-electron chi connectivity index (χ3n) is 6.32. The Hall–Kier alpha value is -2.95. The van der Waals surface area contributed by atoms with Crippen molar-refractivity contribution in [1.82, 2.24) is 29.5 Å². The number of benzene rings is 1. The molecule has 194 valence electrons. The number of likely N-dealkylation sites (N-methyl/N-ethyl adjacent to an activating group) is 1. The highest BCUT2D eigenvalue weighted by Gasteiger charge is 2.27. The van der Waals surface area contributed by atoms with E-state index in [4.69, 9.17) is 22.1 Å². The van der Waals surface area contributed by atoms with Crippen molar-refractivity contribution in [2.75, 3.05) is 52.0 Å². The van der Waals surface area contributed by atoms with E-state index in [2.05, 4.69) is 32.1 Å². The SMILES string of the molecule is Cc1nc(Cc2cc(Cl)c(F)c(C(=O)NCCN3CCN(C)CC3)c2OC(C)C)n2ccnc(N)c12. The minimum Gasteiger partial charge on any atom is -0.490 e. The highest BCUT2D eigenvalue weighted by molar-refractivity contribution is 6.31. The van der Waals surface area contributed by atoms with Gasteiger partial charge in [-0.25, -0.2) is 14.4 Å². The number of rotatable bonds is 8. The number of aromatic nitrogens is 3. The van der Waals surface area contributed by atoms with E-state index in [1.165, 1.54) is 6.07 Å². The standard InChI is InChI=1S/C25H33ClFN7O2/c1-15(2)36-23-17(14-19-31-16(3)22-24(28)29-6-8-34(19)22)13-18(26)21(27)20(23)25(35)30-5-7-33-11-9-32(4)10-12-33/h6,8,13,15H,5,7,9-12,14H2,1-4H3,(H2,28,29)(H,30,35). The van der Waals surface area contributed by atoms with Crippen LogP contribution < -0.4 is 15.8 Å². The summed E-state index contributed by atoms with van der Waals surface area (Å²) >= 11 is 6.28. The third kappa shape index (κ3) is 5.55. The molecule has 1 aliphatic rings. The molecule has 0 atom stereocenters. The van der Waals surface area contributed by atoms with Gasteiger partial charge in [-0.05, 0) is 33.9 Å². The lowest BCUT2D eigenvalue weighted by molar-refractivity contribution is 0.0930. The molecule has 3 heterocycles. The second-order valence-corrected chi connectivity index (χ2v) is 9.83. The molecule has 1 aromatic carbocycles. The van der Waals surface area contributed by atoms with Crippen molar-refractivity contribution in [3.05, 3.63) is 51.9 Å². The van der Waals surface area contributed by atoms with Gasteiger partial charge in [0.15, 0.2) is 5.82 Å². The van der Waals surface area contributed by atoms with Crippen molar-refractivity contribution in [3.8, 4) is 5.75 Å². The molecule has 0 saturated carbocycles. The Bertz CT molecular complexity index is 1260. The van der Waals surface area contributed by atoms with E-state index in [1.54, 1.807) is 12.4 Å². The summed E-state index contributed by atoms with van der Waals surface area (Å²) in [4.78, 5) is 26.5. The van der Waals surface area contributed by atoms with Crippen LogP contribution in [0.15, 0.2) is 18.5 Å². The minimum atomic E-state index is -0.800. The van der Waals surface area contributed by atoms with Gasteiger partial charge in [-0.3, -0.25) is 14.1 Å². The van der Waals surface area contributed by atoms with Gasteiger partial charge in [0.05, 0.1) is 16.8 Å². The Morgan fingerprint density at radius 2 is 2.03 bits per heavy atom. The number of nitrogen functional groups attached to an aromatic ring is 1. The Labute approximate surface area is 215 Å². The maximum Gasteiger partial charge on any atom is 0.258 e. The zero-order valence-electron chi connectivity index (χ0n) is 21.1. The number of halogens is 2. The zero-order valence-corrected chi connectivity index (χ0v) is 21.9. The van der Waals surface area contributed by atoms with Crippen molar-refractivity contribution in [1.29, 1.82) is 0 Å². The fourth-order valence-electron chi connectivity index (χ4n) is 4.46. The number of imidazole rings is 1. The molecule has 0 aliphatic carbocycles. The first-order chi connectivity index (χ1) is 17.2. The summed E-state index contributed by atoms with van der Waals surface area (Å²) in [6, 6.07) is 1.50. The van der Waals surface area contributed by atoms with Crippen molar-refractivity contribution in [2.24, 2.45) is 0 Å². The van der Waals surface area contributed by atoms with Gasteiger partial charge in [-0.2, -0.15) is 0 Å². The number of anilines is 1. The van der Waals surface area contributed by atoms with E-state index in [0.29, 0.717) is 35.8 Å². The van der Waals surface area contributed by atoms with Gasteiger partial charge in [-0.1, -0.05) is 11.6 Å². The quantitative estimate of drug-likeness (QED) is 0.474. The first kappa shape index (κ1) is 26.1. The van der Waals surface area contributed by atoms with Gasteiger partial charge in [0.1, 0.15) is 28.5 Å². The second kappa shape index (κ2) is 11.0. The van der Waals surface area contributed by atoms with Crippen LogP contribution in [0.25, 0.3) is 5.52 Å². The summed E-state index contributed by atoms with van der Waals surface area (Å²) in [5.74, 6) is -0.177. The molecule has 1 saturated heterocycles. The molecule has 2 aromatic heterocycles. The summed E-state index contributed by atoms with van der Waals surface area (Å²) in [5.41, 5.74) is 7.84. The fourth-order valence-corrected chi connectivity index (χ4v) is 4.69. The number of piperazine rings is 1. The highest BCUT2D eigenvalue weighted by atomic mass is 35.5. The summed E-state index contributed by atoms with van der Waals surface area (Å²) < 4.78 is 23.1. The van der Waals surface area contributed by atoms with E-state index >= 15 is 4.39 Å². The molecule has 11 heteroatoms. The number of aryl methyl sites for hydroxylation is 1. The molecular formula is C25H33ClFN7O2. The van der Waals surface area contributed by atoms with Crippen molar-refractivity contribution in [2.45, 2.75) is 33.3 Å². The average molecular weight is 518 g/mol. The summed E-state index contributed by atoms with van der Waals surface area (Å²) in [5, 5.41) is 2.70. The second-order valence-electron chi connectivity index (χ2n) is 9.42. The van der Waals surface area contributed by atoms with Crippen LogP contribution in [-0.2, 0) is 6.42 Å². The lowest BCUT2D eigenvalue weighted by atomic mass is 10.0. The molecule has 3 N–H and O–H groups in total. The number of amides is 1. The summed E-state index contributed by atoms with van der Waals surface area (Å²) in [6.07, 6.45) is 3.32. The molecule has 1 aliphatic heterocycles. The van der Waals surface area contributed by atoms with Gasteiger partial charge in [0.2, 0.25) is 0 Å². The third-order valence-corrected chi connectivity index (χ3v) is 6.59. The van der Waals surface area contributed by atoms with Crippen LogP contribution in [0.1, 0.15) is 41.3 Å². The van der Waals surface area contributed by atoms with Crippen molar-refractivity contribution >= 4 is 28.8 Å². The topological polar surface area (TPSA) is 101 Å². The number of carbonyl (C=O) groups is 1. The number of hydrogen-bond donors (Lipinski definition) is 2. The van der Waals surface area contributed by atoms with Gasteiger partial charge >= 0.3 is 0 Å². The molecule has 0 bridgehead atoms. The van der Waals surface area contributed by atoms with E-state index in [9.17, 15) is 4.79 Å². The normalized spacial score (nSPS) is 15.1. The van der Waals surface area contributed by atoms with Gasteiger partial charge in [0, 0.05) is 63.6 Å². The van der Waals surface area contributed by atoms with Crippen LogP contribution in [0.3, 0.4) is 0 Å². The summed E-state index contributed by atoms with van der Waals surface area (Å²) in [7, 11) is 2.09. The number of nitrogens with two attached hydrogens (primary N) is 1. The molecule has 36 heavy (non-hydrogen) atoms. The van der Waals surface area contributed by atoms with Gasteiger partial charge in [-0.15, -0.1) is 0 Å². The molecule has 0 unspecified atom stereocenters. The van der Waals surface area contributed by atoms with Crippen LogP contribution >= 0.6 is 11.6 Å². The van der Waals surface area contributed by atoms with Crippen LogP contribution in [-0.4, -0.2) is 82.5 Å². The first-order valence-electron chi connectivity index (χ1n) is 12.1. The monoisotopic (exact) mass is 517 g/mol. The van der Waals surface area contributed by atoms with Crippen LogP contribution in [0, 0.1) is 12.7 Å². The predicted octanol–water partition coefficient (Wildman–Crippen LogP) is 2.77. The number of nitrogens with zero attached hydrogens (tertiary/aromatic N) is 5. The number of hydrogen-bond acceptors (Lipinski definition) is 7. The first-order valence-corrected chi connectivity index (χ1v) is 12.5. The predicted molar refractivity (Wildman–Crippen MR) is 138 cm³/mol. The van der Waals surface area contributed by atoms with Crippen LogP contribution in [0.5, 0.6) is 5.75 Å². The largest absolute Gasteiger partial charge is 0.490 e. The lowest BCUT2D eigenvalue weighted by Gasteiger charge is -2.32. The Kier molecular flexibility index (Phi) is 7.97. The maximum atomic E-state index is 15.3. The highest BCUT2D eigenvalue weighted by Crippen LogP contribution is 2.34. The van der Waals surface area contributed by atoms with Crippen LogP contribution in [0.2, 0.25) is 5.02 Å². The lowest BCUT2D eigenvalue weighted by Crippen LogP contribution is -2.47. The fraction of sp³-hybridized carbons (Fsp3) is 0.480. The number of carbonyl (C=O) groups excluding carboxylic acids is 1. The van der Waals surface area contributed by atoms with Crippen molar-refractivity contribution < 1.29 is 13.9 Å². The molecule has 0 radical (unpaired) electrons. The van der Waals surface area contributed by atoms with E-state index < -0.39 is 11.7 Å². The minimum absolute atomic E-state index is 0.149. The molecule has 4 rings (SSSR count). The van der Waals surface area contributed by atoms with Gasteiger partial charge < -0.3 is 20.7 Å². The maximum absolute atomic E-state index is 15.3. The van der Waals surface area contributed by atoms with E-state index in [-0.39, 0.29) is 28.9 Å². The smallest absolute Gasteiger partial charge is 0.258 e. The number of nitrogens with one attached hydrogen (secondary N) is 1. The Morgan fingerprint density at radius 1 is 1.31 bits per heavy atom. The Balaban J connectivity index is 1.63. The molecule has 3 aromatic rings. The zero-order chi connectivity index (χ0) is 26.0. The number of fused-ring (bicyclic) bond motifs is 1. The number of ether oxygens (including phenoxy) is 1. The molecular weight excluding hydrogens is 485 g/mol. The Morgan fingerprint density at radius 3 is 2.72 bits per heavy atom.